The molecule has 16 heavy (non-hydrogen) atoms. The van der Waals surface area contributed by atoms with Gasteiger partial charge in [-0.25, -0.2) is 4.79 Å². The SMILES string of the molecule is O=C1CSCN1C(=O)Nc1cccc(Cl)c1. The zero-order valence-electron chi connectivity index (χ0n) is 8.27. The van der Waals surface area contributed by atoms with Gasteiger partial charge in [0.15, 0.2) is 0 Å². The monoisotopic (exact) mass is 256 g/mol. The van der Waals surface area contributed by atoms with E-state index in [1.807, 2.05) is 0 Å². The van der Waals surface area contributed by atoms with Crippen LogP contribution in [0.4, 0.5) is 10.5 Å². The van der Waals surface area contributed by atoms with Crippen LogP contribution in [0.15, 0.2) is 24.3 Å². The lowest BCUT2D eigenvalue weighted by Gasteiger charge is -2.13. The van der Waals surface area contributed by atoms with Crippen LogP contribution in [0.5, 0.6) is 0 Å². The first kappa shape index (κ1) is 11.3. The maximum Gasteiger partial charge on any atom is 0.329 e. The Morgan fingerprint density at radius 3 is 2.94 bits per heavy atom. The van der Waals surface area contributed by atoms with Gasteiger partial charge in [-0.1, -0.05) is 17.7 Å². The number of amides is 3. The van der Waals surface area contributed by atoms with Gasteiger partial charge in [-0.15, -0.1) is 11.8 Å². The molecule has 1 aromatic rings. The van der Waals surface area contributed by atoms with Gasteiger partial charge >= 0.3 is 6.03 Å². The normalized spacial score (nSPS) is 15.3. The Kier molecular flexibility index (Phi) is 3.36. The number of hydrogen-bond donors (Lipinski definition) is 1. The number of imide groups is 1. The highest BCUT2D eigenvalue weighted by Crippen LogP contribution is 2.18. The number of nitrogens with zero attached hydrogens (tertiary/aromatic N) is 1. The lowest BCUT2D eigenvalue weighted by molar-refractivity contribution is -0.123. The van der Waals surface area contributed by atoms with Crippen molar-refractivity contribution in [2.75, 3.05) is 16.9 Å². The van der Waals surface area contributed by atoms with E-state index in [-0.39, 0.29) is 5.91 Å². The highest BCUT2D eigenvalue weighted by atomic mass is 35.5. The molecule has 1 saturated heterocycles. The molecule has 2 rings (SSSR count). The highest BCUT2D eigenvalue weighted by molar-refractivity contribution is 8.00. The number of benzene rings is 1. The van der Waals surface area contributed by atoms with Crippen molar-refractivity contribution in [3.05, 3.63) is 29.3 Å². The van der Waals surface area contributed by atoms with E-state index < -0.39 is 6.03 Å². The standard InChI is InChI=1S/C10H9ClN2O2S/c11-7-2-1-3-8(4-7)12-10(15)13-6-16-5-9(13)14/h1-4H,5-6H2,(H,12,15). The lowest BCUT2D eigenvalue weighted by Crippen LogP contribution is -2.36. The molecule has 0 bridgehead atoms. The van der Waals surface area contributed by atoms with Gasteiger partial charge in [-0.05, 0) is 18.2 Å². The van der Waals surface area contributed by atoms with E-state index >= 15 is 0 Å². The van der Waals surface area contributed by atoms with E-state index in [1.54, 1.807) is 24.3 Å². The topological polar surface area (TPSA) is 49.4 Å². The number of anilines is 1. The molecule has 0 radical (unpaired) electrons. The molecular formula is C10H9ClN2O2S. The van der Waals surface area contributed by atoms with E-state index in [1.165, 1.54) is 16.7 Å². The molecule has 1 N–H and O–H groups in total. The summed E-state index contributed by atoms with van der Waals surface area (Å²) in [6.07, 6.45) is 0. The Morgan fingerprint density at radius 2 is 2.31 bits per heavy atom. The Labute approximate surface area is 102 Å². The molecule has 0 unspecified atom stereocenters. The first-order valence-electron chi connectivity index (χ1n) is 4.61. The zero-order chi connectivity index (χ0) is 11.5. The smallest absolute Gasteiger partial charge is 0.307 e. The highest BCUT2D eigenvalue weighted by Gasteiger charge is 2.26. The quantitative estimate of drug-likeness (QED) is 0.839. The molecule has 0 saturated carbocycles. The molecule has 0 aliphatic carbocycles. The summed E-state index contributed by atoms with van der Waals surface area (Å²) in [7, 11) is 0. The minimum atomic E-state index is -0.405. The molecule has 0 aromatic heterocycles. The van der Waals surface area contributed by atoms with Crippen molar-refractivity contribution in [1.82, 2.24) is 4.90 Å². The molecule has 1 heterocycles. The van der Waals surface area contributed by atoms with Gasteiger partial charge in [0.25, 0.3) is 0 Å². The summed E-state index contributed by atoms with van der Waals surface area (Å²) >= 11 is 7.20. The fourth-order valence-electron chi connectivity index (χ4n) is 1.30. The number of carbonyl (C=O) groups excluding carboxylic acids is 2. The predicted octanol–water partition coefficient (Wildman–Crippen LogP) is 2.40. The summed E-state index contributed by atoms with van der Waals surface area (Å²) in [5.41, 5.74) is 0.585. The van der Waals surface area contributed by atoms with Crippen LogP contribution >= 0.6 is 23.4 Å². The third-order valence-electron chi connectivity index (χ3n) is 2.07. The van der Waals surface area contributed by atoms with Gasteiger partial charge in [0.2, 0.25) is 5.91 Å². The second-order valence-corrected chi connectivity index (χ2v) is 4.63. The average molecular weight is 257 g/mol. The molecule has 6 heteroatoms. The first-order valence-corrected chi connectivity index (χ1v) is 6.15. The summed E-state index contributed by atoms with van der Waals surface area (Å²) in [4.78, 5) is 24.2. The maximum atomic E-state index is 11.7. The van der Waals surface area contributed by atoms with E-state index in [0.717, 1.165) is 0 Å². The Balaban J connectivity index is 2.04. The van der Waals surface area contributed by atoms with Crippen LogP contribution in [0.3, 0.4) is 0 Å². The Morgan fingerprint density at radius 1 is 1.50 bits per heavy atom. The van der Waals surface area contributed by atoms with E-state index in [2.05, 4.69) is 5.32 Å². The lowest BCUT2D eigenvalue weighted by atomic mass is 10.3. The van der Waals surface area contributed by atoms with Crippen molar-refractivity contribution in [3.63, 3.8) is 0 Å². The average Bonchev–Trinajstić information content (AvgIpc) is 2.64. The van der Waals surface area contributed by atoms with E-state index in [4.69, 9.17) is 11.6 Å². The van der Waals surface area contributed by atoms with Crippen LogP contribution in [-0.4, -0.2) is 28.5 Å². The molecule has 1 fully saturated rings. The van der Waals surface area contributed by atoms with Gasteiger partial charge in [-0.3, -0.25) is 9.69 Å². The largest absolute Gasteiger partial charge is 0.329 e. The molecule has 1 aromatic carbocycles. The Bertz CT molecular complexity index is 439. The molecule has 1 aliphatic heterocycles. The van der Waals surface area contributed by atoms with E-state index in [9.17, 15) is 9.59 Å². The number of thioether (sulfide) groups is 1. The van der Waals surface area contributed by atoms with E-state index in [0.29, 0.717) is 22.3 Å². The molecule has 1 aliphatic rings. The molecule has 4 nitrogen and oxygen atoms in total. The second-order valence-electron chi connectivity index (χ2n) is 3.24. The molecule has 3 amide bonds. The van der Waals surface area contributed by atoms with Crippen molar-refractivity contribution < 1.29 is 9.59 Å². The van der Waals surface area contributed by atoms with Crippen LogP contribution in [0.1, 0.15) is 0 Å². The third-order valence-corrected chi connectivity index (χ3v) is 3.19. The summed E-state index contributed by atoms with van der Waals surface area (Å²) < 4.78 is 0. The maximum absolute atomic E-state index is 11.7. The van der Waals surface area contributed by atoms with Crippen molar-refractivity contribution >= 4 is 41.0 Å². The first-order chi connectivity index (χ1) is 7.66. The summed E-state index contributed by atoms with van der Waals surface area (Å²) in [6, 6.07) is 6.40. The van der Waals surface area contributed by atoms with Gasteiger partial charge in [-0.2, -0.15) is 0 Å². The summed E-state index contributed by atoms with van der Waals surface area (Å²) in [6.45, 7) is 0. The van der Waals surface area contributed by atoms with Crippen LogP contribution < -0.4 is 5.32 Å². The van der Waals surface area contributed by atoms with Gasteiger partial charge in [0.05, 0.1) is 11.6 Å². The number of rotatable bonds is 1. The minimum absolute atomic E-state index is 0.162. The minimum Gasteiger partial charge on any atom is -0.307 e. The van der Waals surface area contributed by atoms with Crippen molar-refractivity contribution in [1.29, 1.82) is 0 Å². The summed E-state index contributed by atoms with van der Waals surface area (Å²) in [5, 5.41) is 3.17. The van der Waals surface area contributed by atoms with Gasteiger partial charge < -0.3 is 5.32 Å². The predicted molar refractivity (Wildman–Crippen MR) is 64.6 cm³/mol. The molecule has 0 atom stereocenters. The zero-order valence-corrected chi connectivity index (χ0v) is 9.85. The van der Waals surface area contributed by atoms with Gasteiger partial charge in [0.1, 0.15) is 0 Å². The number of halogens is 1. The number of hydrogen-bond acceptors (Lipinski definition) is 3. The third kappa shape index (κ3) is 2.48. The van der Waals surface area contributed by atoms with Crippen molar-refractivity contribution in [2.45, 2.75) is 0 Å². The fourth-order valence-corrected chi connectivity index (χ4v) is 2.36. The fraction of sp³-hybridized carbons (Fsp3) is 0.200. The second kappa shape index (κ2) is 4.76. The number of carbonyl (C=O) groups is 2. The van der Waals surface area contributed by atoms with Crippen LogP contribution in [-0.2, 0) is 4.79 Å². The number of urea groups is 1. The molecular weight excluding hydrogens is 248 g/mol. The van der Waals surface area contributed by atoms with Crippen molar-refractivity contribution in [3.8, 4) is 0 Å². The molecule has 0 spiro atoms. The number of nitrogens with one attached hydrogen (secondary N) is 1. The van der Waals surface area contributed by atoms with Gasteiger partial charge in [0, 0.05) is 10.7 Å². The molecule has 84 valence electrons. The van der Waals surface area contributed by atoms with Crippen molar-refractivity contribution in [2.24, 2.45) is 0 Å². The summed E-state index contributed by atoms with van der Waals surface area (Å²) in [5.74, 6) is 0.610. The van der Waals surface area contributed by atoms with Crippen LogP contribution in [0.2, 0.25) is 5.02 Å². The Hall–Kier alpha value is -1.20. The van der Waals surface area contributed by atoms with Crippen LogP contribution in [0, 0.1) is 0 Å². The van der Waals surface area contributed by atoms with Crippen LogP contribution in [0.25, 0.3) is 0 Å².